The molecule has 0 aromatic heterocycles. The van der Waals surface area contributed by atoms with Crippen molar-refractivity contribution in [3.8, 4) is 0 Å². The standard InChI is InChI=1S/C9H6Cl2O4.K.H/c1-15-9(14)7-5(11)3-2-4(10)6(7)8(12)13;;/h2-3H,1H3,(H,12,13);;/q;+1;-1. The normalized spacial score (nSPS) is 9.19. The Hall–Kier alpha value is 0.376. The third-order valence-corrected chi connectivity index (χ3v) is 2.34. The quantitative estimate of drug-likeness (QED) is 0.594. The zero-order valence-electron chi connectivity index (χ0n) is 9.58. The van der Waals surface area contributed by atoms with E-state index in [4.69, 9.17) is 28.3 Å². The van der Waals surface area contributed by atoms with Gasteiger partial charge in [0, 0.05) is 0 Å². The molecule has 0 aliphatic heterocycles. The minimum atomic E-state index is -1.33. The van der Waals surface area contributed by atoms with Gasteiger partial charge in [0.05, 0.1) is 28.3 Å². The smallest absolute Gasteiger partial charge is 1.00 e. The number of ether oxygens (including phenoxy) is 1. The van der Waals surface area contributed by atoms with Crippen LogP contribution in [0, 0.1) is 0 Å². The molecule has 0 saturated heterocycles. The van der Waals surface area contributed by atoms with E-state index in [0.29, 0.717) is 0 Å². The molecule has 0 aliphatic carbocycles. The zero-order valence-corrected chi connectivity index (χ0v) is 13.2. The number of carboxylic acids is 1. The maximum absolute atomic E-state index is 11.3. The number of rotatable bonds is 2. The van der Waals surface area contributed by atoms with Crippen molar-refractivity contribution in [3.63, 3.8) is 0 Å². The molecule has 7 heteroatoms. The van der Waals surface area contributed by atoms with Gasteiger partial charge in [0.25, 0.3) is 0 Å². The van der Waals surface area contributed by atoms with Gasteiger partial charge in [-0.05, 0) is 12.1 Å². The van der Waals surface area contributed by atoms with Crippen molar-refractivity contribution in [2.24, 2.45) is 0 Å². The van der Waals surface area contributed by atoms with Crippen molar-refractivity contribution in [3.05, 3.63) is 33.3 Å². The van der Waals surface area contributed by atoms with Gasteiger partial charge in [-0.1, -0.05) is 23.2 Å². The molecule has 0 radical (unpaired) electrons. The second-order valence-corrected chi connectivity index (χ2v) is 3.39. The molecule has 0 unspecified atom stereocenters. The van der Waals surface area contributed by atoms with Crippen LogP contribution in [0.15, 0.2) is 12.1 Å². The molecular formula is C9H7Cl2KO4. The number of hydrogen-bond acceptors (Lipinski definition) is 3. The molecule has 1 N–H and O–H groups in total. The van der Waals surface area contributed by atoms with E-state index in [0.717, 1.165) is 7.11 Å². The fourth-order valence-electron chi connectivity index (χ4n) is 1.06. The summed E-state index contributed by atoms with van der Waals surface area (Å²) in [5, 5.41) is 8.79. The van der Waals surface area contributed by atoms with Crippen molar-refractivity contribution in [1.82, 2.24) is 0 Å². The number of aromatic carboxylic acids is 1. The van der Waals surface area contributed by atoms with Crippen LogP contribution in [0.2, 0.25) is 10.0 Å². The first-order valence-corrected chi connectivity index (χ1v) is 4.54. The van der Waals surface area contributed by atoms with Gasteiger partial charge >= 0.3 is 63.3 Å². The van der Waals surface area contributed by atoms with Gasteiger partial charge in [0.1, 0.15) is 0 Å². The number of esters is 1. The fourth-order valence-corrected chi connectivity index (χ4v) is 1.54. The van der Waals surface area contributed by atoms with Crippen LogP contribution < -0.4 is 51.4 Å². The maximum Gasteiger partial charge on any atom is 1.00 e. The molecular weight excluding hydrogens is 282 g/mol. The number of benzene rings is 1. The summed E-state index contributed by atoms with van der Waals surface area (Å²) in [4.78, 5) is 22.1. The molecule has 1 aromatic carbocycles. The van der Waals surface area contributed by atoms with Crippen LogP contribution in [-0.2, 0) is 4.74 Å². The summed E-state index contributed by atoms with van der Waals surface area (Å²) in [5.41, 5.74) is -0.588. The number of carboxylic acid groups (broad SMARTS) is 1. The number of halogens is 2. The first kappa shape index (κ1) is 16.4. The molecule has 0 spiro atoms. The molecule has 0 fully saturated rings. The topological polar surface area (TPSA) is 63.6 Å². The molecule has 1 aromatic rings. The van der Waals surface area contributed by atoms with Crippen LogP contribution in [0.4, 0.5) is 0 Å². The summed E-state index contributed by atoms with van der Waals surface area (Å²) in [5.74, 6) is -2.16. The summed E-state index contributed by atoms with van der Waals surface area (Å²) >= 11 is 11.3. The van der Waals surface area contributed by atoms with E-state index < -0.39 is 11.9 Å². The van der Waals surface area contributed by atoms with Crippen molar-refractivity contribution in [1.29, 1.82) is 0 Å². The Kier molecular flexibility index (Phi) is 7.12. The van der Waals surface area contributed by atoms with Gasteiger partial charge < -0.3 is 11.3 Å². The van der Waals surface area contributed by atoms with E-state index in [2.05, 4.69) is 4.74 Å². The monoisotopic (exact) mass is 288 g/mol. The van der Waals surface area contributed by atoms with Gasteiger partial charge in [-0.3, -0.25) is 0 Å². The SMILES string of the molecule is COC(=O)c1c(Cl)ccc(Cl)c1C(=O)O.[H-].[K+]. The van der Waals surface area contributed by atoms with Gasteiger partial charge in [-0.15, -0.1) is 0 Å². The third-order valence-electron chi connectivity index (χ3n) is 1.71. The number of carbonyl (C=O) groups is 2. The Bertz CT molecular complexity index is 439. The Balaban J connectivity index is 0. The van der Waals surface area contributed by atoms with Gasteiger partial charge in [0.15, 0.2) is 0 Å². The Morgan fingerprint density at radius 2 is 1.69 bits per heavy atom. The van der Waals surface area contributed by atoms with Crippen LogP contribution in [-0.4, -0.2) is 24.2 Å². The molecule has 82 valence electrons. The summed E-state index contributed by atoms with van der Waals surface area (Å²) in [6.45, 7) is 0. The van der Waals surface area contributed by atoms with Crippen molar-refractivity contribution < 1.29 is 72.2 Å². The second kappa shape index (κ2) is 6.95. The van der Waals surface area contributed by atoms with E-state index in [1.165, 1.54) is 12.1 Å². The number of methoxy groups -OCH3 is 1. The first-order valence-electron chi connectivity index (χ1n) is 3.78. The summed E-state index contributed by atoms with van der Waals surface area (Å²) < 4.78 is 4.42. The van der Waals surface area contributed by atoms with Crippen LogP contribution in [0.25, 0.3) is 0 Å². The predicted octanol–water partition coefficient (Wildman–Crippen LogP) is -0.405. The largest absolute Gasteiger partial charge is 1.00 e. The van der Waals surface area contributed by atoms with Crippen LogP contribution in [0.1, 0.15) is 22.1 Å². The minimum Gasteiger partial charge on any atom is -1.00 e. The van der Waals surface area contributed by atoms with Crippen LogP contribution in [0.3, 0.4) is 0 Å². The zero-order chi connectivity index (χ0) is 11.6. The summed E-state index contributed by atoms with van der Waals surface area (Å²) in [6, 6.07) is 2.64. The maximum atomic E-state index is 11.3. The molecule has 0 bridgehead atoms. The van der Waals surface area contributed by atoms with Gasteiger partial charge in [0.2, 0.25) is 0 Å². The molecule has 16 heavy (non-hydrogen) atoms. The second-order valence-electron chi connectivity index (χ2n) is 2.58. The molecule has 0 heterocycles. The van der Waals surface area contributed by atoms with E-state index >= 15 is 0 Å². The average Bonchev–Trinajstić information content (AvgIpc) is 2.19. The summed E-state index contributed by atoms with van der Waals surface area (Å²) in [7, 11) is 1.13. The van der Waals surface area contributed by atoms with Crippen LogP contribution >= 0.6 is 23.2 Å². The van der Waals surface area contributed by atoms with Crippen molar-refractivity contribution in [2.75, 3.05) is 7.11 Å². The third kappa shape index (κ3) is 3.43. The Morgan fingerprint density at radius 3 is 2.06 bits per heavy atom. The van der Waals surface area contributed by atoms with Crippen molar-refractivity contribution >= 4 is 35.1 Å². The molecule has 0 aliphatic rings. The predicted molar refractivity (Wildman–Crippen MR) is 55.9 cm³/mol. The number of carbonyl (C=O) groups excluding carboxylic acids is 1. The Labute approximate surface area is 146 Å². The molecule has 4 nitrogen and oxygen atoms in total. The minimum absolute atomic E-state index is 0. The van der Waals surface area contributed by atoms with Gasteiger partial charge in [-0.25, -0.2) is 9.59 Å². The first-order chi connectivity index (χ1) is 6.99. The fraction of sp³-hybridized carbons (Fsp3) is 0.111. The molecule has 0 atom stereocenters. The Morgan fingerprint density at radius 1 is 1.25 bits per heavy atom. The van der Waals surface area contributed by atoms with E-state index in [9.17, 15) is 9.59 Å². The van der Waals surface area contributed by atoms with E-state index in [1.54, 1.807) is 0 Å². The van der Waals surface area contributed by atoms with E-state index in [1.807, 2.05) is 0 Å². The molecule has 0 saturated carbocycles. The summed E-state index contributed by atoms with van der Waals surface area (Å²) in [6.07, 6.45) is 0. The van der Waals surface area contributed by atoms with Crippen molar-refractivity contribution in [2.45, 2.75) is 0 Å². The van der Waals surface area contributed by atoms with Gasteiger partial charge in [-0.2, -0.15) is 0 Å². The number of hydrogen-bond donors (Lipinski definition) is 1. The average molecular weight is 289 g/mol. The molecule has 0 amide bonds. The molecule has 1 rings (SSSR count). The van der Waals surface area contributed by atoms with Crippen LogP contribution in [0.5, 0.6) is 0 Å². The van der Waals surface area contributed by atoms with E-state index in [-0.39, 0.29) is 74.0 Å².